The van der Waals surface area contributed by atoms with E-state index in [2.05, 4.69) is 18.9 Å². The van der Waals surface area contributed by atoms with Crippen molar-refractivity contribution in [2.24, 2.45) is 5.92 Å². The van der Waals surface area contributed by atoms with Crippen LogP contribution in [0.4, 0.5) is 0 Å². The fourth-order valence-electron chi connectivity index (χ4n) is 2.70. The molecule has 1 aliphatic carbocycles. The molecule has 1 heteroatoms. The number of rotatable bonds is 0. The smallest absolute Gasteiger partial charge is 0.0209 e. The zero-order valence-electron chi connectivity index (χ0n) is 7.06. The van der Waals surface area contributed by atoms with Crippen LogP contribution in [-0.2, 0) is 0 Å². The highest BCUT2D eigenvalue weighted by Crippen LogP contribution is 2.46. The number of hydrogen-bond acceptors (Lipinski definition) is 1. The first-order valence-electron chi connectivity index (χ1n) is 4.44. The topological polar surface area (TPSA) is 3.24 Å². The summed E-state index contributed by atoms with van der Waals surface area (Å²) < 4.78 is 0. The van der Waals surface area contributed by atoms with Crippen LogP contribution in [0.1, 0.15) is 32.6 Å². The molecule has 0 unspecified atom stereocenters. The van der Waals surface area contributed by atoms with Crippen LogP contribution in [0.5, 0.6) is 0 Å². The lowest BCUT2D eigenvalue weighted by molar-refractivity contribution is 0.0800. The summed E-state index contributed by atoms with van der Waals surface area (Å²) >= 11 is 0. The van der Waals surface area contributed by atoms with Crippen molar-refractivity contribution in [1.29, 1.82) is 0 Å². The molecule has 1 saturated heterocycles. The molecule has 2 fully saturated rings. The van der Waals surface area contributed by atoms with Crippen molar-refractivity contribution in [1.82, 2.24) is 4.90 Å². The normalized spacial score (nSPS) is 38.4. The van der Waals surface area contributed by atoms with Gasteiger partial charge in [0.2, 0.25) is 0 Å². The first kappa shape index (κ1) is 6.66. The van der Waals surface area contributed by atoms with Crippen molar-refractivity contribution < 1.29 is 0 Å². The van der Waals surface area contributed by atoms with Gasteiger partial charge in [-0.25, -0.2) is 0 Å². The molecule has 0 radical (unpaired) electrons. The lowest BCUT2D eigenvalue weighted by Gasteiger charge is -2.44. The molecule has 0 amide bonds. The molecular formula is C9H17N. The Kier molecular flexibility index (Phi) is 1.31. The Balaban J connectivity index is 2.08. The van der Waals surface area contributed by atoms with E-state index in [-0.39, 0.29) is 0 Å². The van der Waals surface area contributed by atoms with Gasteiger partial charge in [-0.05, 0) is 38.6 Å². The first-order chi connectivity index (χ1) is 4.73. The van der Waals surface area contributed by atoms with Crippen LogP contribution in [0.15, 0.2) is 0 Å². The summed E-state index contributed by atoms with van der Waals surface area (Å²) in [6.45, 7) is 3.71. The molecule has 1 atom stereocenters. The predicted octanol–water partition coefficient (Wildman–Crippen LogP) is 1.88. The van der Waals surface area contributed by atoms with Gasteiger partial charge in [-0.15, -0.1) is 0 Å². The van der Waals surface area contributed by atoms with E-state index >= 15 is 0 Å². The summed E-state index contributed by atoms with van der Waals surface area (Å²) in [6.07, 6.45) is 5.86. The maximum atomic E-state index is 2.58. The third-order valence-electron chi connectivity index (χ3n) is 3.41. The Morgan fingerprint density at radius 1 is 1.40 bits per heavy atom. The minimum atomic E-state index is 0.680. The second kappa shape index (κ2) is 1.97. The number of likely N-dealkylation sites (tertiary alicyclic amines) is 1. The Morgan fingerprint density at radius 3 is 2.30 bits per heavy atom. The lowest BCUT2D eigenvalue weighted by atomic mass is 9.74. The Hall–Kier alpha value is -0.0400. The van der Waals surface area contributed by atoms with E-state index in [0.29, 0.717) is 5.54 Å². The Morgan fingerprint density at radius 2 is 2.10 bits per heavy atom. The van der Waals surface area contributed by atoms with Gasteiger partial charge in [0.1, 0.15) is 0 Å². The van der Waals surface area contributed by atoms with Crippen LogP contribution in [0, 0.1) is 5.92 Å². The number of nitrogens with zero attached hydrogens (tertiary/aromatic N) is 1. The molecule has 58 valence electrons. The third kappa shape index (κ3) is 0.731. The van der Waals surface area contributed by atoms with E-state index in [4.69, 9.17) is 0 Å². The van der Waals surface area contributed by atoms with Crippen molar-refractivity contribution in [3.05, 3.63) is 0 Å². The average Bonchev–Trinajstić information content (AvgIpc) is 2.04. The summed E-state index contributed by atoms with van der Waals surface area (Å²) in [7, 11) is 2.29. The third-order valence-corrected chi connectivity index (χ3v) is 3.41. The monoisotopic (exact) mass is 139 g/mol. The van der Waals surface area contributed by atoms with E-state index in [0.717, 1.165) is 5.92 Å². The lowest BCUT2D eigenvalue weighted by Crippen LogP contribution is -2.46. The highest BCUT2D eigenvalue weighted by molar-refractivity contribution is 5.02. The van der Waals surface area contributed by atoms with Gasteiger partial charge >= 0.3 is 0 Å². The molecule has 0 aromatic rings. The van der Waals surface area contributed by atoms with Crippen molar-refractivity contribution >= 4 is 0 Å². The molecule has 1 nitrogen and oxygen atoms in total. The standard InChI is InChI=1S/C9H17N/c1-8-6-9(4-3-5-9)10(2)7-8/h8H,3-7H2,1-2H3/t8-/m0/s1. The SMILES string of the molecule is C[C@@H]1CN(C)C2(CCC2)C1. The molecule has 0 bridgehead atoms. The predicted molar refractivity (Wildman–Crippen MR) is 43.0 cm³/mol. The molecule has 0 aromatic carbocycles. The van der Waals surface area contributed by atoms with Gasteiger partial charge in [-0.1, -0.05) is 6.92 Å². The van der Waals surface area contributed by atoms with Crippen LogP contribution in [0.3, 0.4) is 0 Å². The van der Waals surface area contributed by atoms with Crippen molar-refractivity contribution in [3.63, 3.8) is 0 Å². The van der Waals surface area contributed by atoms with Crippen molar-refractivity contribution in [2.45, 2.75) is 38.1 Å². The molecule has 1 aliphatic heterocycles. The Labute approximate surface area is 63.4 Å². The van der Waals surface area contributed by atoms with Crippen LogP contribution < -0.4 is 0 Å². The highest BCUT2D eigenvalue weighted by Gasteiger charge is 2.45. The highest BCUT2D eigenvalue weighted by atomic mass is 15.2. The van der Waals surface area contributed by atoms with Gasteiger partial charge in [0.25, 0.3) is 0 Å². The second-order valence-electron chi connectivity index (χ2n) is 4.27. The summed E-state index contributed by atoms with van der Waals surface area (Å²) in [4.78, 5) is 2.58. The summed E-state index contributed by atoms with van der Waals surface area (Å²) in [6, 6.07) is 0. The molecule has 0 aromatic heterocycles. The first-order valence-corrected chi connectivity index (χ1v) is 4.44. The van der Waals surface area contributed by atoms with Crippen LogP contribution in [0.2, 0.25) is 0 Å². The van der Waals surface area contributed by atoms with E-state index in [1.54, 1.807) is 0 Å². The summed E-state index contributed by atoms with van der Waals surface area (Å²) in [5.41, 5.74) is 0.680. The molecule has 1 spiro atoms. The zero-order chi connectivity index (χ0) is 7.19. The van der Waals surface area contributed by atoms with Gasteiger partial charge in [0.15, 0.2) is 0 Å². The molecule has 1 saturated carbocycles. The number of hydrogen-bond donors (Lipinski definition) is 0. The van der Waals surface area contributed by atoms with E-state index in [9.17, 15) is 0 Å². The van der Waals surface area contributed by atoms with Gasteiger partial charge in [0, 0.05) is 12.1 Å². The van der Waals surface area contributed by atoms with E-state index < -0.39 is 0 Å². The quantitative estimate of drug-likeness (QED) is 0.495. The average molecular weight is 139 g/mol. The minimum absolute atomic E-state index is 0.680. The second-order valence-corrected chi connectivity index (χ2v) is 4.27. The molecule has 2 rings (SSSR count). The largest absolute Gasteiger partial charge is 0.300 e. The van der Waals surface area contributed by atoms with Gasteiger partial charge in [-0.3, -0.25) is 0 Å². The molecular weight excluding hydrogens is 122 g/mol. The zero-order valence-corrected chi connectivity index (χ0v) is 7.06. The molecule has 2 aliphatic rings. The van der Waals surface area contributed by atoms with Gasteiger partial charge < -0.3 is 4.90 Å². The van der Waals surface area contributed by atoms with Crippen LogP contribution >= 0.6 is 0 Å². The molecule has 10 heavy (non-hydrogen) atoms. The van der Waals surface area contributed by atoms with Crippen LogP contribution in [-0.4, -0.2) is 24.0 Å². The molecule has 1 heterocycles. The maximum Gasteiger partial charge on any atom is 0.0209 e. The van der Waals surface area contributed by atoms with Crippen molar-refractivity contribution in [3.8, 4) is 0 Å². The summed E-state index contributed by atoms with van der Waals surface area (Å²) in [5.74, 6) is 0.949. The van der Waals surface area contributed by atoms with E-state index in [1.807, 2.05) is 0 Å². The fraction of sp³-hybridized carbons (Fsp3) is 1.00. The van der Waals surface area contributed by atoms with Crippen LogP contribution in [0.25, 0.3) is 0 Å². The van der Waals surface area contributed by atoms with Gasteiger partial charge in [-0.2, -0.15) is 0 Å². The minimum Gasteiger partial charge on any atom is -0.300 e. The maximum absolute atomic E-state index is 2.58. The summed E-state index contributed by atoms with van der Waals surface area (Å²) in [5, 5.41) is 0. The van der Waals surface area contributed by atoms with Gasteiger partial charge in [0.05, 0.1) is 0 Å². The van der Waals surface area contributed by atoms with E-state index in [1.165, 1.54) is 32.2 Å². The fourth-order valence-corrected chi connectivity index (χ4v) is 2.70. The van der Waals surface area contributed by atoms with Crippen molar-refractivity contribution in [2.75, 3.05) is 13.6 Å². The molecule has 0 N–H and O–H groups in total. The Bertz CT molecular complexity index is 138.